The van der Waals surface area contributed by atoms with Crippen LogP contribution in [0.5, 0.6) is 0 Å². The molecule has 10 nitrogen and oxygen atoms in total. The Morgan fingerprint density at radius 1 is 0.971 bits per heavy atom. The number of carbonyl (C=O) groups excluding carboxylic acids is 2. The van der Waals surface area contributed by atoms with Gasteiger partial charge < -0.3 is 19.3 Å². The summed E-state index contributed by atoms with van der Waals surface area (Å²) in [5.74, 6) is -0.234. The highest BCUT2D eigenvalue weighted by molar-refractivity contribution is 7.89. The molecule has 2 aliphatic rings. The minimum atomic E-state index is -3.61. The Kier molecular flexibility index (Phi) is 7.44. The van der Waals surface area contributed by atoms with Gasteiger partial charge in [-0.3, -0.25) is 4.79 Å². The van der Waals surface area contributed by atoms with Crippen molar-refractivity contribution in [1.29, 1.82) is 0 Å². The second-order valence-corrected chi connectivity index (χ2v) is 10.0. The van der Waals surface area contributed by atoms with Gasteiger partial charge in [0.05, 0.1) is 23.7 Å². The predicted molar refractivity (Wildman–Crippen MR) is 124 cm³/mol. The molecule has 182 valence electrons. The zero-order valence-corrected chi connectivity index (χ0v) is 19.8. The summed E-state index contributed by atoms with van der Waals surface area (Å²) in [6, 6.07) is 11.6. The molecule has 1 unspecified atom stereocenters. The number of ether oxygens (including phenoxy) is 2. The topological polar surface area (TPSA) is 109 Å². The van der Waals surface area contributed by atoms with Crippen molar-refractivity contribution in [3.8, 4) is 0 Å². The summed E-state index contributed by atoms with van der Waals surface area (Å²) < 4.78 is 37.6. The van der Waals surface area contributed by atoms with E-state index in [1.54, 1.807) is 42.5 Å². The second kappa shape index (κ2) is 10.5. The molecule has 0 N–H and O–H groups in total. The van der Waals surface area contributed by atoms with E-state index in [-0.39, 0.29) is 42.5 Å². The summed E-state index contributed by atoms with van der Waals surface area (Å²) in [7, 11) is -3.61. The first kappa shape index (κ1) is 24.1. The molecule has 1 atom stereocenters. The molecule has 2 fully saturated rings. The molecule has 1 amide bonds. The van der Waals surface area contributed by atoms with Crippen LogP contribution >= 0.6 is 0 Å². The van der Waals surface area contributed by atoms with E-state index in [4.69, 9.17) is 9.47 Å². The Morgan fingerprint density at radius 3 is 2.26 bits per heavy atom. The molecular weight excluding hydrogens is 460 g/mol. The number of esters is 1. The number of sulfonamides is 1. The first-order valence-electron chi connectivity index (χ1n) is 11.2. The molecule has 2 aromatic rings. The van der Waals surface area contributed by atoms with Gasteiger partial charge in [0.15, 0.2) is 6.10 Å². The molecule has 2 saturated heterocycles. The van der Waals surface area contributed by atoms with Gasteiger partial charge in [0.2, 0.25) is 10.0 Å². The van der Waals surface area contributed by atoms with E-state index in [0.29, 0.717) is 13.2 Å². The van der Waals surface area contributed by atoms with Gasteiger partial charge in [0.25, 0.3) is 5.91 Å². The minimum absolute atomic E-state index is 0.177. The number of benzene rings is 1. The zero-order chi connectivity index (χ0) is 24.1. The van der Waals surface area contributed by atoms with Gasteiger partial charge in [-0.1, -0.05) is 18.2 Å². The van der Waals surface area contributed by atoms with Gasteiger partial charge >= 0.3 is 5.97 Å². The van der Waals surface area contributed by atoms with Crippen LogP contribution in [0.2, 0.25) is 0 Å². The van der Waals surface area contributed by atoms with E-state index in [0.717, 1.165) is 18.9 Å². The van der Waals surface area contributed by atoms with Crippen molar-refractivity contribution in [1.82, 2.24) is 14.2 Å². The van der Waals surface area contributed by atoms with Gasteiger partial charge in [0.1, 0.15) is 5.82 Å². The Bertz CT molecular complexity index is 1100. The summed E-state index contributed by atoms with van der Waals surface area (Å²) in [6.45, 7) is 5.07. The quantitative estimate of drug-likeness (QED) is 0.554. The summed E-state index contributed by atoms with van der Waals surface area (Å²) in [5.41, 5.74) is 0.260. The first-order valence-corrected chi connectivity index (χ1v) is 12.6. The smallest absolute Gasteiger partial charge is 0.340 e. The third-order valence-corrected chi connectivity index (χ3v) is 7.79. The molecule has 1 aromatic heterocycles. The van der Waals surface area contributed by atoms with Crippen molar-refractivity contribution in [2.75, 3.05) is 57.4 Å². The molecule has 0 radical (unpaired) electrons. The van der Waals surface area contributed by atoms with Gasteiger partial charge in [-0.15, -0.1) is 0 Å². The maximum atomic E-state index is 12.8. The average Bonchev–Trinajstić information content (AvgIpc) is 2.89. The fourth-order valence-electron chi connectivity index (χ4n) is 3.91. The maximum absolute atomic E-state index is 12.8. The monoisotopic (exact) mass is 488 g/mol. The van der Waals surface area contributed by atoms with Crippen LogP contribution in [0, 0.1) is 0 Å². The number of pyridine rings is 1. The van der Waals surface area contributed by atoms with Crippen LogP contribution in [0.15, 0.2) is 53.6 Å². The van der Waals surface area contributed by atoms with Crippen LogP contribution in [0.1, 0.15) is 17.3 Å². The fraction of sp³-hybridized carbons (Fsp3) is 0.435. The number of amides is 1. The molecule has 1 aromatic carbocycles. The molecular formula is C23H28N4O6S. The zero-order valence-electron chi connectivity index (χ0n) is 19.0. The highest BCUT2D eigenvalue weighted by atomic mass is 32.2. The van der Waals surface area contributed by atoms with Crippen molar-refractivity contribution >= 4 is 27.7 Å². The van der Waals surface area contributed by atoms with Crippen molar-refractivity contribution in [2.45, 2.75) is 17.9 Å². The number of piperazine rings is 1. The summed E-state index contributed by atoms with van der Waals surface area (Å²) in [4.78, 5) is 33.5. The van der Waals surface area contributed by atoms with Crippen LogP contribution < -0.4 is 4.90 Å². The lowest BCUT2D eigenvalue weighted by Crippen LogP contribution is -2.52. The van der Waals surface area contributed by atoms with E-state index in [9.17, 15) is 18.0 Å². The van der Waals surface area contributed by atoms with Gasteiger partial charge in [-0.25, -0.2) is 18.2 Å². The highest BCUT2D eigenvalue weighted by Gasteiger charge is 2.32. The van der Waals surface area contributed by atoms with Crippen LogP contribution in [-0.2, 0) is 24.3 Å². The number of nitrogens with zero attached hydrogens (tertiary/aromatic N) is 4. The van der Waals surface area contributed by atoms with Crippen molar-refractivity contribution in [3.05, 3.63) is 54.2 Å². The van der Waals surface area contributed by atoms with Crippen molar-refractivity contribution in [2.24, 2.45) is 0 Å². The standard InChI is InChI=1S/C23H28N4O6S/c1-18(33-23(29)19-7-8-21(24-17-19)25-13-15-32-16-14-25)22(28)26-9-11-27(12-10-26)34(30,31)20-5-3-2-4-6-20/h2-8,17-18H,9-16H2,1H3. The molecule has 0 aliphatic carbocycles. The molecule has 34 heavy (non-hydrogen) atoms. The number of rotatable bonds is 6. The van der Waals surface area contributed by atoms with E-state index < -0.39 is 22.1 Å². The number of hydrogen-bond acceptors (Lipinski definition) is 8. The molecule has 4 rings (SSSR count). The van der Waals surface area contributed by atoms with E-state index in [1.165, 1.54) is 22.3 Å². The lowest BCUT2D eigenvalue weighted by Gasteiger charge is -2.35. The number of hydrogen-bond donors (Lipinski definition) is 0. The Balaban J connectivity index is 1.29. The van der Waals surface area contributed by atoms with Gasteiger partial charge in [0, 0.05) is 45.5 Å². The highest BCUT2D eigenvalue weighted by Crippen LogP contribution is 2.18. The van der Waals surface area contributed by atoms with Crippen molar-refractivity contribution < 1.29 is 27.5 Å². The van der Waals surface area contributed by atoms with Crippen LogP contribution in [0.3, 0.4) is 0 Å². The molecule has 11 heteroatoms. The predicted octanol–water partition coefficient (Wildman–Crippen LogP) is 0.997. The van der Waals surface area contributed by atoms with Gasteiger partial charge in [-0.2, -0.15) is 4.31 Å². The SMILES string of the molecule is CC(OC(=O)c1ccc(N2CCOCC2)nc1)C(=O)N1CCN(S(=O)(=O)c2ccccc2)CC1. The largest absolute Gasteiger partial charge is 0.449 e. The Morgan fingerprint density at radius 2 is 1.65 bits per heavy atom. The van der Waals surface area contributed by atoms with Crippen LogP contribution in [0.4, 0.5) is 5.82 Å². The van der Waals surface area contributed by atoms with Crippen LogP contribution in [-0.4, -0.2) is 93.1 Å². The molecule has 0 spiro atoms. The Labute approximate surface area is 199 Å². The number of aromatic nitrogens is 1. The lowest BCUT2D eigenvalue weighted by atomic mass is 10.2. The average molecular weight is 489 g/mol. The van der Waals surface area contributed by atoms with Crippen LogP contribution in [0.25, 0.3) is 0 Å². The molecule has 0 saturated carbocycles. The first-order chi connectivity index (χ1) is 16.4. The second-order valence-electron chi connectivity index (χ2n) is 8.09. The van der Waals surface area contributed by atoms with E-state index in [1.807, 2.05) is 0 Å². The maximum Gasteiger partial charge on any atom is 0.340 e. The summed E-state index contributed by atoms with van der Waals surface area (Å²) in [6.07, 6.45) is 0.445. The summed E-state index contributed by atoms with van der Waals surface area (Å²) in [5, 5.41) is 0. The minimum Gasteiger partial charge on any atom is -0.449 e. The number of carbonyl (C=O) groups is 2. The summed E-state index contributed by atoms with van der Waals surface area (Å²) >= 11 is 0. The van der Waals surface area contributed by atoms with Crippen molar-refractivity contribution in [3.63, 3.8) is 0 Å². The number of morpholine rings is 1. The Hall–Kier alpha value is -3.02. The van der Waals surface area contributed by atoms with E-state index >= 15 is 0 Å². The third kappa shape index (κ3) is 5.37. The lowest BCUT2D eigenvalue weighted by molar-refractivity contribution is -0.141. The normalized spacial score (nSPS) is 18.4. The van der Waals surface area contributed by atoms with E-state index in [2.05, 4.69) is 9.88 Å². The third-order valence-electron chi connectivity index (χ3n) is 5.88. The van der Waals surface area contributed by atoms with Gasteiger partial charge in [-0.05, 0) is 31.2 Å². The number of anilines is 1. The molecule has 3 heterocycles. The molecule has 0 bridgehead atoms. The fourth-order valence-corrected chi connectivity index (χ4v) is 5.36. The molecule has 2 aliphatic heterocycles.